The van der Waals surface area contributed by atoms with Crippen LogP contribution in [0.3, 0.4) is 0 Å². The van der Waals surface area contributed by atoms with Gasteiger partial charge in [0.05, 0.1) is 17.5 Å². The van der Waals surface area contributed by atoms with Crippen LogP contribution < -0.4 is 4.90 Å². The molecular formula is C16H20N4OS. The Morgan fingerprint density at radius 2 is 2.05 bits per heavy atom. The number of fused-ring (bicyclic) bond motifs is 1. The first kappa shape index (κ1) is 13.9. The smallest absolute Gasteiger partial charge is 0.219 e. The van der Waals surface area contributed by atoms with Crippen LogP contribution in [0.5, 0.6) is 0 Å². The minimum absolute atomic E-state index is 0.206. The molecule has 0 N–H and O–H groups in total. The highest BCUT2D eigenvalue weighted by molar-refractivity contribution is 7.16. The van der Waals surface area contributed by atoms with E-state index in [9.17, 15) is 4.79 Å². The Kier molecular flexibility index (Phi) is 3.48. The third-order valence-electron chi connectivity index (χ3n) is 4.96. The summed E-state index contributed by atoms with van der Waals surface area (Å²) in [4.78, 5) is 26.4. The maximum absolute atomic E-state index is 11.9. The van der Waals surface area contributed by atoms with Gasteiger partial charge in [-0.2, -0.15) is 0 Å². The lowest BCUT2D eigenvalue weighted by Crippen LogP contribution is -2.48. The first-order valence-electron chi connectivity index (χ1n) is 7.98. The van der Waals surface area contributed by atoms with E-state index < -0.39 is 0 Å². The second-order valence-electron chi connectivity index (χ2n) is 6.16. The summed E-state index contributed by atoms with van der Waals surface area (Å²) in [7, 11) is 0. The van der Waals surface area contributed by atoms with Crippen LogP contribution in [0.25, 0.3) is 10.2 Å². The molecule has 0 aliphatic carbocycles. The molecular weight excluding hydrogens is 296 g/mol. The van der Waals surface area contributed by atoms with E-state index in [1.165, 1.54) is 6.42 Å². The molecule has 2 fully saturated rings. The molecule has 5 nitrogen and oxygen atoms in total. The molecule has 4 heterocycles. The predicted octanol–water partition coefficient (Wildman–Crippen LogP) is 2.67. The zero-order chi connectivity index (χ0) is 15.1. The van der Waals surface area contributed by atoms with Gasteiger partial charge in [-0.1, -0.05) is 0 Å². The summed E-state index contributed by atoms with van der Waals surface area (Å²) >= 11 is 1.66. The summed E-state index contributed by atoms with van der Waals surface area (Å²) in [6.45, 7) is 3.62. The van der Waals surface area contributed by atoms with E-state index in [-0.39, 0.29) is 5.91 Å². The van der Waals surface area contributed by atoms with Gasteiger partial charge < -0.3 is 9.80 Å². The monoisotopic (exact) mass is 316 g/mol. The van der Waals surface area contributed by atoms with Crippen molar-refractivity contribution >= 4 is 33.3 Å². The molecule has 2 saturated heterocycles. The number of aromatic nitrogens is 2. The Labute approximate surface area is 134 Å². The number of anilines is 1. The van der Waals surface area contributed by atoms with Gasteiger partial charge in [-0.15, -0.1) is 11.3 Å². The third kappa shape index (κ3) is 2.17. The predicted molar refractivity (Wildman–Crippen MR) is 88.2 cm³/mol. The lowest BCUT2D eigenvalue weighted by atomic mass is 10.0. The van der Waals surface area contributed by atoms with E-state index in [1.807, 2.05) is 0 Å². The fourth-order valence-electron chi connectivity index (χ4n) is 4.04. The van der Waals surface area contributed by atoms with Crippen LogP contribution in [0.15, 0.2) is 17.8 Å². The quantitative estimate of drug-likeness (QED) is 0.855. The van der Waals surface area contributed by atoms with E-state index >= 15 is 0 Å². The number of hydrogen-bond acceptors (Lipinski definition) is 5. The van der Waals surface area contributed by atoms with Crippen LogP contribution in [-0.2, 0) is 4.79 Å². The molecule has 0 bridgehead atoms. The summed E-state index contributed by atoms with van der Waals surface area (Å²) in [5.41, 5.74) is 0. The average Bonchev–Trinajstić information content (AvgIpc) is 3.25. The van der Waals surface area contributed by atoms with Crippen molar-refractivity contribution in [3.63, 3.8) is 0 Å². The molecule has 116 valence electrons. The van der Waals surface area contributed by atoms with E-state index in [1.54, 1.807) is 24.6 Å². The Hall–Kier alpha value is -1.69. The molecule has 2 aliphatic rings. The number of amides is 1. The maximum Gasteiger partial charge on any atom is 0.219 e. The number of carbonyl (C=O) groups excluding carboxylic acids is 1. The van der Waals surface area contributed by atoms with Gasteiger partial charge in [0.25, 0.3) is 0 Å². The highest BCUT2D eigenvalue weighted by Crippen LogP contribution is 2.36. The first-order valence-corrected chi connectivity index (χ1v) is 8.86. The van der Waals surface area contributed by atoms with Gasteiger partial charge in [0.15, 0.2) is 0 Å². The van der Waals surface area contributed by atoms with Gasteiger partial charge in [0.1, 0.15) is 17.0 Å². The summed E-state index contributed by atoms with van der Waals surface area (Å²) < 4.78 is 0. The van der Waals surface area contributed by atoms with Crippen LogP contribution in [-0.4, -0.2) is 45.9 Å². The van der Waals surface area contributed by atoms with Gasteiger partial charge in [-0.25, -0.2) is 9.97 Å². The maximum atomic E-state index is 11.9. The van der Waals surface area contributed by atoms with Crippen molar-refractivity contribution in [2.75, 3.05) is 18.0 Å². The van der Waals surface area contributed by atoms with Crippen LogP contribution in [0.2, 0.25) is 0 Å². The Bertz CT molecular complexity index is 700. The van der Waals surface area contributed by atoms with Gasteiger partial charge in [-0.3, -0.25) is 4.79 Å². The van der Waals surface area contributed by atoms with Crippen LogP contribution in [0, 0.1) is 0 Å². The summed E-state index contributed by atoms with van der Waals surface area (Å²) in [6.07, 6.45) is 6.21. The van der Waals surface area contributed by atoms with Crippen molar-refractivity contribution in [2.24, 2.45) is 0 Å². The molecule has 2 atom stereocenters. The molecule has 22 heavy (non-hydrogen) atoms. The Morgan fingerprint density at radius 3 is 2.91 bits per heavy atom. The third-order valence-corrected chi connectivity index (χ3v) is 5.78. The molecule has 4 rings (SSSR count). The molecule has 0 saturated carbocycles. The van der Waals surface area contributed by atoms with Gasteiger partial charge in [0.2, 0.25) is 5.91 Å². The van der Waals surface area contributed by atoms with Crippen LogP contribution >= 0.6 is 11.3 Å². The number of likely N-dealkylation sites (tertiary alicyclic amines) is 1. The molecule has 0 radical (unpaired) electrons. The molecule has 2 unspecified atom stereocenters. The van der Waals surface area contributed by atoms with Crippen LogP contribution in [0.4, 0.5) is 5.82 Å². The minimum Gasteiger partial charge on any atom is -0.351 e. The van der Waals surface area contributed by atoms with Crippen molar-refractivity contribution in [1.82, 2.24) is 14.9 Å². The molecule has 2 aliphatic heterocycles. The Balaban J connectivity index is 1.69. The molecule has 2 aromatic heterocycles. The normalized spacial score (nSPS) is 25.3. The molecule has 2 aromatic rings. The SMILES string of the molecule is CC(=O)N1CCCC1C1CCCN1c1ncnc2sccc12. The van der Waals surface area contributed by atoms with Crippen molar-refractivity contribution in [1.29, 1.82) is 0 Å². The fourth-order valence-corrected chi connectivity index (χ4v) is 4.77. The molecule has 1 amide bonds. The van der Waals surface area contributed by atoms with Gasteiger partial charge in [-0.05, 0) is 37.1 Å². The lowest BCUT2D eigenvalue weighted by molar-refractivity contribution is -0.129. The van der Waals surface area contributed by atoms with Crippen LogP contribution in [0.1, 0.15) is 32.6 Å². The van der Waals surface area contributed by atoms with Crippen molar-refractivity contribution in [2.45, 2.75) is 44.7 Å². The summed E-state index contributed by atoms with van der Waals surface area (Å²) in [5.74, 6) is 1.25. The fraction of sp³-hybridized carbons (Fsp3) is 0.562. The van der Waals surface area contributed by atoms with E-state index in [2.05, 4.69) is 31.2 Å². The second-order valence-corrected chi connectivity index (χ2v) is 7.06. The number of carbonyl (C=O) groups is 1. The van der Waals surface area contributed by atoms with E-state index in [0.29, 0.717) is 12.1 Å². The zero-order valence-electron chi connectivity index (χ0n) is 12.7. The standard InChI is InChI=1S/C16H20N4OS/c1-11(21)19-7-2-4-13(19)14-5-3-8-20(14)15-12-6-9-22-16(12)18-10-17-15/h6,9-10,13-14H,2-5,7-8H2,1H3. The highest BCUT2D eigenvalue weighted by Gasteiger charge is 2.39. The summed E-state index contributed by atoms with van der Waals surface area (Å²) in [6, 6.07) is 2.84. The molecule has 0 spiro atoms. The number of thiophene rings is 1. The summed E-state index contributed by atoms with van der Waals surface area (Å²) in [5, 5.41) is 3.22. The number of hydrogen-bond donors (Lipinski definition) is 0. The first-order chi connectivity index (χ1) is 10.8. The van der Waals surface area contributed by atoms with E-state index in [0.717, 1.165) is 48.4 Å². The average molecular weight is 316 g/mol. The highest BCUT2D eigenvalue weighted by atomic mass is 32.1. The van der Waals surface area contributed by atoms with E-state index in [4.69, 9.17) is 0 Å². The second kappa shape index (κ2) is 5.50. The number of nitrogens with zero attached hydrogens (tertiary/aromatic N) is 4. The van der Waals surface area contributed by atoms with Gasteiger partial charge in [0, 0.05) is 20.0 Å². The Morgan fingerprint density at radius 1 is 1.23 bits per heavy atom. The molecule has 6 heteroatoms. The minimum atomic E-state index is 0.206. The van der Waals surface area contributed by atoms with Gasteiger partial charge >= 0.3 is 0 Å². The van der Waals surface area contributed by atoms with Crippen molar-refractivity contribution < 1.29 is 4.79 Å². The zero-order valence-corrected chi connectivity index (χ0v) is 13.6. The molecule has 0 aromatic carbocycles. The van der Waals surface area contributed by atoms with Crippen molar-refractivity contribution in [3.8, 4) is 0 Å². The lowest BCUT2D eigenvalue weighted by Gasteiger charge is -2.35. The topological polar surface area (TPSA) is 49.3 Å². The largest absolute Gasteiger partial charge is 0.351 e. The number of rotatable bonds is 2. The van der Waals surface area contributed by atoms with Crippen molar-refractivity contribution in [3.05, 3.63) is 17.8 Å².